The summed E-state index contributed by atoms with van der Waals surface area (Å²) in [7, 11) is 0. The number of carbonyl (C=O) groups excluding carboxylic acids is 4. The summed E-state index contributed by atoms with van der Waals surface area (Å²) in [6.07, 6.45) is 1.26. The maximum Gasteiger partial charge on any atom is 0.291 e. The number of anilines is 1. The van der Waals surface area contributed by atoms with Crippen molar-refractivity contribution in [3.8, 4) is 0 Å². The topological polar surface area (TPSA) is 93.4 Å². The summed E-state index contributed by atoms with van der Waals surface area (Å²) in [4.78, 5) is 50.7. The number of fused-ring (bicyclic) bond motifs is 2. The Morgan fingerprint density at radius 3 is 2.28 bits per heavy atom. The minimum Gasteiger partial charge on any atom is -0.459 e. The van der Waals surface area contributed by atoms with Gasteiger partial charge in [-0.2, -0.15) is 0 Å². The smallest absolute Gasteiger partial charge is 0.291 e. The first-order valence-corrected chi connectivity index (χ1v) is 9.31. The molecule has 0 radical (unpaired) electrons. The molecule has 4 rings (SSSR count). The molecule has 1 aliphatic rings. The van der Waals surface area contributed by atoms with E-state index >= 15 is 0 Å². The SMILES string of the molecule is O=C(CCl)Cc1ccc2c(c1NC(=O)c1ccco1)C(=O)c1ccccc1C2=O. The van der Waals surface area contributed by atoms with Crippen LogP contribution in [0.15, 0.2) is 59.2 Å². The molecule has 1 aromatic heterocycles. The fraction of sp³-hybridized carbons (Fsp3) is 0.0909. The summed E-state index contributed by atoms with van der Waals surface area (Å²) in [5.74, 6) is -1.77. The van der Waals surface area contributed by atoms with Crippen LogP contribution in [0.25, 0.3) is 0 Å². The van der Waals surface area contributed by atoms with Crippen molar-refractivity contribution in [2.75, 3.05) is 11.2 Å². The zero-order chi connectivity index (χ0) is 20.5. The van der Waals surface area contributed by atoms with Crippen molar-refractivity contribution in [3.05, 3.63) is 88.4 Å². The number of nitrogens with one attached hydrogen (secondary N) is 1. The largest absolute Gasteiger partial charge is 0.459 e. The number of alkyl halides is 1. The second-order valence-corrected chi connectivity index (χ2v) is 6.77. The second kappa shape index (κ2) is 7.48. The molecule has 7 heteroatoms. The predicted octanol–water partition coefficient (Wildman–Crippen LogP) is 3.66. The molecule has 29 heavy (non-hydrogen) atoms. The Bertz CT molecular complexity index is 1160. The quantitative estimate of drug-likeness (QED) is 0.509. The molecule has 0 atom stereocenters. The van der Waals surface area contributed by atoms with E-state index in [-0.39, 0.29) is 52.0 Å². The number of Topliss-reactive ketones (excluding diaryl/α,β-unsaturated/α-hetero) is 1. The van der Waals surface area contributed by atoms with Gasteiger partial charge >= 0.3 is 0 Å². The lowest BCUT2D eigenvalue weighted by Crippen LogP contribution is -2.25. The summed E-state index contributed by atoms with van der Waals surface area (Å²) in [5.41, 5.74) is 1.31. The average Bonchev–Trinajstić information content (AvgIpc) is 3.28. The van der Waals surface area contributed by atoms with Crippen LogP contribution in [0, 0.1) is 0 Å². The van der Waals surface area contributed by atoms with Crippen LogP contribution in [0.1, 0.15) is 48.0 Å². The van der Waals surface area contributed by atoms with E-state index in [0.717, 1.165) is 0 Å². The third kappa shape index (κ3) is 3.28. The fourth-order valence-electron chi connectivity index (χ4n) is 3.36. The Balaban J connectivity index is 1.88. The molecule has 0 aliphatic heterocycles. The molecule has 0 unspecified atom stereocenters. The Morgan fingerprint density at radius 2 is 1.62 bits per heavy atom. The molecule has 6 nitrogen and oxygen atoms in total. The minimum atomic E-state index is -0.595. The molecule has 0 saturated heterocycles. The molecule has 1 amide bonds. The van der Waals surface area contributed by atoms with Gasteiger partial charge in [-0.1, -0.05) is 30.3 Å². The minimum absolute atomic E-state index is 0.0345. The van der Waals surface area contributed by atoms with Gasteiger partial charge in [-0.15, -0.1) is 11.6 Å². The van der Waals surface area contributed by atoms with Gasteiger partial charge in [0.15, 0.2) is 23.1 Å². The zero-order valence-corrected chi connectivity index (χ0v) is 15.8. The van der Waals surface area contributed by atoms with Crippen LogP contribution in [0.5, 0.6) is 0 Å². The van der Waals surface area contributed by atoms with Gasteiger partial charge in [-0.25, -0.2) is 0 Å². The summed E-state index contributed by atoms with van der Waals surface area (Å²) < 4.78 is 5.11. The Hall–Kier alpha value is -3.51. The van der Waals surface area contributed by atoms with E-state index in [0.29, 0.717) is 11.1 Å². The van der Waals surface area contributed by atoms with E-state index in [4.69, 9.17) is 16.0 Å². The van der Waals surface area contributed by atoms with Crippen LogP contribution in [-0.2, 0) is 11.2 Å². The lowest BCUT2D eigenvalue weighted by atomic mass is 9.81. The van der Waals surface area contributed by atoms with Crippen molar-refractivity contribution in [2.45, 2.75) is 6.42 Å². The standard InChI is InChI=1S/C22H14ClNO5/c23-11-13(25)10-12-7-8-16-18(19(12)24-22(28)17-6-3-9-29-17)21(27)15-5-2-1-4-14(15)20(16)26/h1-9H,10-11H2,(H,24,28). The maximum absolute atomic E-state index is 13.2. The van der Waals surface area contributed by atoms with Gasteiger partial charge in [-0.05, 0) is 23.8 Å². The number of carbonyl (C=O) groups is 4. The molecule has 2 aromatic carbocycles. The Kier molecular flexibility index (Phi) is 4.86. The third-order valence-corrected chi connectivity index (χ3v) is 5.00. The van der Waals surface area contributed by atoms with Crippen molar-refractivity contribution in [3.63, 3.8) is 0 Å². The molecule has 1 N–H and O–H groups in total. The number of rotatable bonds is 5. The van der Waals surface area contributed by atoms with E-state index in [9.17, 15) is 19.2 Å². The number of furan rings is 1. The first kappa shape index (κ1) is 18.8. The van der Waals surface area contributed by atoms with Crippen LogP contribution in [0.4, 0.5) is 5.69 Å². The number of ketones is 3. The van der Waals surface area contributed by atoms with Crippen LogP contribution < -0.4 is 5.32 Å². The number of amides is 1. The molecule has 3 aromatic rings. The van der Waals surface area contributed by atoms with Gasteiger partial charge < -0.3 is 9.73 Å². The molecular formula is C22H14ClNO5. The summed E-state index contributed by atoms with van der Waals surface area (Å²) in [6.45, 7) is 0. The first-order chi connectivity index (χ1) is 14.0. The van der Waals surface area contributed by atoms with E-state index in [1.54, 1.807) is 36.4 Å². The van der Waals surface area contributed by atoms with E-state index in [2.05, 4.69) is 5.32 Å². The molecule has 0 bridgehead atoms. The average molecular weight is 408 g/mol. The first-order valence-electron chi connectivity index (χ1n) is 8.78. The molecule has 0 spiro atoms. The van der Waals surface area contributed by atoms with Gasteiger partial charge in [0.1, 0.15) is 0 Å². The highest BCUT2D eigenvalue weighted by Gasteiger charge is 2.33. The summed E-state index contributed by atoms with van der Waals surface area (Å²) >= 11 is 5.63. The number of halogens is 1. The highest BCUT2D eigenvalue weighted by atomic mass is 35.5. The monoisotopic (exact) mass is 407 g/mol. The van der Waals surface area contributed by atoms with Crippen molar-refractivity contribution in [1.82, 2.24) is 0 Å². The second-order valence-electron chi connectivity index (χ2n) is 6.51. The predicted molar refractivity (Wildman–Crippen MR) is 106 cm³/mol. The van der Waals surface area contributed by atoms with Crippen molar-refractivity contribution < 1.29 is 23.6 Å². The molecule has 0 fully saturated rings. The van der Waals surface area contributed by atoms with Gasteiger partial charge in [0.25, 0.3) is 5.91 Å². The van der Waals surface area contributed by atoms with Gasteiger partial charge in [-0.3, -0.25) is 19.2 Å². The molecule has 1 heterocycles. The van der Waals surface area contributed by atoms with Crippen LogP contribution in [-0.4, -0.2) is 29.1 Å². The van der Waals surface area contributed by atoms with Gasteiger partial charge in [0.2, 0.25) is 0 Å². The Labute approximate surface area is 170 Å². The summed E-state index contributed by atoms with van der Waals surface area (Å²) in [6, 6.07) is 12.6. The van der Waals surface area contributed by atoms with Crippen LogP contribution in [0.2, 0.25) is 0 Å². The molecular weight excluding hydrogens is 394 g/mol. The van der Waals surface area contributed by atoms with Crippen molar-refractivity contribution in [2.24, 2.45) is 0 Å². The van der Waals surface area contributed by atoms with Crippen molar-refractivity contribution in [1.29, 1.82) is 0 Å². The van der Waals surface area contributed by atoms with E-state index < -0.39 is 11.7 Å². The van der Waals surface area contributed by atoms with Crippen LogP contribution >= 0.6 is 11.6 Å². The third-order valence-electron chi connectivity index (χ3n) is 4.70. The van der Waals surface area contributed by atoms with Crippen LogP contribution in [0.3, 0.4) is 0 Å². The highest BCUT2D eigenvalue weighted by Crippen LogP contribution is 2.35. The number of hydrogen-bond donors (Lipinski definition) is 1. The Morgan fingerprint density at radius 1 is 0.897 bits per heavy atom. The van der Waals surface area contributed by atoms with Gasteiger partial charge in [0, 0.05) is 23.1 Å². The lowest BCUT2D eigenvalue weighted by molar-refractivity contribution is -0.116. The fourth-order valence-corrected chi connectivity index (χ4v) is 3.46. The van der Waals surface area contributed by atoms with Crippen molar-refractivity contribution >= 4 is 40.5 Å². The maximum atomic E-state index is 13.2. The normalized spacial score (nSPS) is 12.3. The number of hydrogen-bond acceptors (Lipinski definition) is 5. The number of benzene rings is 2. The van der Waals surface area contributed by atoms with E-state index in [1.165, 1.54) is 18.4 Å². The molecule has 1 aliphatic carbocycles. The molecule has 0 saturated carbocycles. The summed E-state index contributed by atoms with van der Waals surface area (Å²) in [5, 5.41) is 2.65. The van der Waals surface area contributed by atoms with E-state index in [1.807, 2.05) is 0 Å². The lowest BCUT2D eigenvalue weighted by Gasteiger charge is -2.22. The van der Waals surface area contributed by atoms with Gasteiger partial charge in [0.05, 0.1) is 23.4 Å². The molecule has 144 valence electrons. The zero-order valence-electron chi connectivity index (χ0n) is 15.0. The highest BCUT2D eigenvalue weighted by molar-refractivity contribution is 6.31.